The van der Waals surface area contributed by atoms with E-state index in [0.717, 1.165) is 5.69 Å². The van der Waals surface area contributed by atoms with Crippen LogP contribution in [-0.4, -0.2) is 33.8 Å². The highest BCUT2D eigenvalue weighted by Crippen LogP contribution is 2.22. The summed E-state index contributed by atoms with van der Waals surface area (Å²) >= 11 is 0. The van der Waals surface area contributed by atoms with Gasteiger partial charge in [-0.15, -0.1) is 0 Å². The number of anilines is 2. The molecular formula is C18H18N6O3. The van der Waals surface area contributed by atoms with E-state index < -0.39 is 4.92 Å². The van der Waals surface area contributed by atoms with Crippen molar-refractivity contribution in [2.24, 2.45) is 0 Å². The Morgan fingerprint density at radius 1 is 1.04 bits per heavy atom. The van der Waals surface area contributed by atoms with Gasteiger partial charge >= 0.3 is 6.03 Å². The van der Waals surface area contributed by atoms with Crippen LogP contribution < -0.4 is 16.0 Å². The summed E-state index contributed by atoms with van der Waals surface area (Å²) in [7, 11) is 0. The van der Waals surface area contributed by atoms with Gasteiger partial charge in [0.05, 0.1) is 16.3 Å². The van der Waals surface area contributed by atoms with Crippen LogP contribution in [0.4, 0.5) is 21.9 Å². The summed E-state index contributed by atoms with van der Waals surface area (Å²) < 4.78 is 1.66. The minimum atomic E-state index is -0.450. The highest BCUT2D eigenvalue weighted by Gasteiger charge is 2.12. The number of para-hydroxylation sites is 4. The molecule has 9 nitrogen and oxygen atoms in total. The number of carbonyl (C=O) groups is 1. The first-order valence-corrected chi connectivity index (χ1v) is 8.26. The number of aromatic nitrogens is 2. The van der Waals surface area contributed by atoms with Crippen molar-refractivity contribution in [2.75, 3.05) is 23.7 Å². The molecule has 1 aromatic heterocycles. The molecule has 0 fully saturated rings. The van der Waals surface area contributed by atoms with Gasteiger partial charge in [0.15, 0.2) is 0 Å². The topological polar surface area (TPSA) is 114 Å². The van der Waals surface area contributed by atoms with Crippen LogP contribution in [0.5, 0.6) is 0 Å². The van der Waals surface area contributed by atoms with Crippen LogP contribution in [0.2, 0.25) is 0 Å². The van der Waals surface area contributed by atoms with E-state index in [2.05, 4.69) is 21.0 Å². The Kier molecular flexibility index (Phi) is 5.63. The Balaban J connectivity index is 1.52. The van der Waals surface area contributed by atoms with E-state index in [4.69, 9.17) is 0 Å². The van der Waals surface area contributed by atoms with Crippen molar-refractivity contribution in [3.05, 3.63) is 77.1 Å². The monoisotopic (exact) mass is 366 g/mol. The largest absolute Gasteiger partial charge is 0.378 e. The molecule has 27 heavy (non-hydrogen) atoms. The molecule has 0 saturated carbocycles. The fraction of sp³-hybridized carbons (Fsp3) is 0.111. The lowest BCUT2D eigenvalue weighted by Crippen LogP contribution is -2.33. The first-order chi connectivity index (χ1) is 13.1. The van der Waals surface area contributed by atoms with Crippen molar-refractivity contribution < 1.29 is 9.72 Å². The third kappa shape index (κ3) is 4.60. The SMILES string of the molecule is O=C(NCCNc1ccccc1[N+](=O)[O-])Nc1ccccc1-n1cccn1. The number of benzene rings is 2. The molecule has 0 atom stereocenters. The highest BCUT2D eigenvalue weighted by molar-refractivity contribution is 5.91. The van der Waals surface area contributed by atoms with Crippen LogP contribution in [0.3, 0.4) is 0 Å². The summed E-state index contributed by atoms with van der Waals surface area (Å²) in [6.45, 7) is 0.640. The number of urea groups is 1. The van der Waals surface area contributed by atoms with E-state index in [1.807, 2.05) is 18.2 Å². The fourth-order valence-corrected chi connectivity index (χ4v) is 2.51. The number of rotatable bonds is 7. The molecule has 2 amide bonds. The fourth-order valence-electron chi connectivity index (χ4n) is 2.51. The van der Waals surface area contributed by atoms with E-state index in [1.165, 1.54) is 6.07 Å². The van der Waals surface area contributed by atoms with Gasteiger partial charge in [-0.2, -0.15) is 5.10 Å². The second-order valence-electron chi connectivity index (χ2n) is 5.55. The third-order valence-electron chi connectivity index (χ3n) is 3.73. The van der Waals surface area contributed by atoms with E-state index in [0.29, 0.717) is 24.5 Å². The van der Waals surface area contributed by atoms with Crippen LogP contribution in [-0.2, 0) is 0 Å². The minimum absolute atomic E-state index is 0.00454. The summed E-state index contributed by atoms with van der Waals surface area (Å²) in [5.41, 5.74) is 1.77. The number of amides is 2. The predicted octanol–water partition coefficient (Wildman–Crippen LogP) is 3.01. The van der Waals surface area contributed by atoms with Gasteiger partial charge in [0.2, 0.25) is 0 Å². The standard InChI is InChI=1S/C18H18N6O3/c25-18(20-12-11-19-14-6-1-4-9-17(14)24(26)27)22-15-7-2-3-8-16(15)23-13-5-10-21-23/h1-10,13,19H,11-12H2,(H2,20,22,25). The predicted molar refractivity (Wildman–Crippen MR) is 102 cm³/mol. The molecule has 0 spiro atoms. The molecule has 3 N–H and O–H groups in total. The number of nitrogens with one attached hydrogen (secondary N) is 3. The zero-order valence-corrected chi connectivity index (χ0v) is 14.3. The highest BCUT2D eigenvalue weighted by atomic mass is 16.6. The van der Waals surface area contributed by atoms with Crippen molar-refractivity contribution in [2.45, 2.75) is 0 Å². The number of hydrogen-bond acceptors (Lipinski definition) is 5. The van der Waals surface area contributed by atoms with Crippen molar-refractivity contribution in [3.8, 4) is 5.69 Å². The van der Waals surface area contributed by atoms with Crippen molar-refractivity contribution in [1.82, 2.24) is 15.1 Å². The van der Waals surface area contributed by atoms with E-state index in [1.54, 1.807) is 47.4 Å². The molecule has 0 bridgehead atoms. The van der Waals surface area contributed by atoms with Gasteiger partial charge in [0, 0.05) is 31.5 Å². The van der Waals surface area contributed by atoms with Crippen LogP contribution in [0.25, 0.3) is 5.69 Å². The summed E-state index contributed by atoms with van der Waals surface area (Å²) in [5.74, 6) is 0. The molecule has 0 aliphatic carbocycles. The van der Waals surface area contributed by atoms with Crippen LogP contribution in [0.1, 0.15) is 0 Å². The first-order valence-electron chi connectivity index (χ1n) is 8.26. The average Bonchev–Trinajstić information content (AvgIpc) is 3.20. The molecule has 2 aromatic carbocycles. The molecule has 0 unspecified atom stereocenters. The third-order valence-corrected chi connectivity index (χ3v) is 3.73. The second-order valence-corrected chi connectivity index (χ2v) is 5.55. The molecule has 1 heterocycles. The maximum Gasteiger partial charge on any atom is 0.319 e. The zero-order valence-electron chi connectivity index (χ0n) is 14.3. The van der Waals surface area contributed by atoms with Gasteiger partial charge in [-0.3, -0.25) is 10.1 Å². The van der Waals surface area contributed by atoms with Crippen molar-refractivity contribution >= 4 is 23.1 Å². The molecule has 138 valence electrons. The number of carbonyl (C=O) groups excluding carboxylic acids is 1. The quantitative estimate of drug-likeness (QED) is 0.338. The minimum Gasteiger partial charge on any atom is -0.378 e. The van der Waals surface area contributed by atoms with E-state index in [-0.39, 0.29) is 11.7 Å². The van der Waals surface area contributed by atoms with Gasteiger partial charge in [-0.05, 0) is 24.3 Å². The van der Waals surface area contributed by atoms with Crippen LogP contribution >= 0.6 is 0 Å². The normalized spacial score (nSPS) is 10.2. The van der Waals surface area contributed by atoms with Gasteiger partial charge < -0.3 is 16.0 Å². The summed E-state index contributed by atoms with van der Waals surface area (Å²) in [5, 5.41) is 23.6. The number of nitro benzene ring substituents is 1. The molecular weight excluding hydrogens is 348 g/mol. The number of hydrogen-bond donors (Lipinski definition) is 3. The Morgan fingerprint density at radius 3 is 2.52 bits per heavy atom. The maximum absolute atomic E-state index is 12.1. The Bertz CT molecular complexity index is 926. The molecule has 0 radical (unpaired) electrons. The zero-order chi connectivity index (χ0) is 19.1. The van der Waals surface area contributed by atoms with Gasteiger partial charge in [-0.25, -0.2) is 9.48 Å². The van der Waals surface area contributed by atoms with Gasteiger partial charge in [0.1, 0.15) is 5.69 Å². The maximum atomic E-state index is 12.1. The number of nitro groups is 1. The number of nitrogens with zero attached hydrogens (tertiary/aromatic N) is 3. The average molecular weight is 366 g/mol. The summed E-state index contributed by atoms with van der Waals surface area (Å²) in [6, 6.07) is 15.1. The first kappa shape index (κ1) is 17.9. The molecule has 0 saturated heterocycles. The Hall–Kier alpha value is -3.88. The van der Waals surface area contributed by atoms with Crippen LogP contribution in [0, 0.1) is 10.1 Å². The van der Waals surface area contributed by atoms with Crippen molar-refractivity contribution in [3.63, 3.8) is 0 Å². The summed E-state index contributed by atoms with van der Waals surface area (Å²) in [4.78, 5) is 22.7. The van der Waals surface area contributed by atoms with Crippen LogP contribution in [0.15, 0.2) is 67.0 Å². The summed E-state index contributed by atoms with van der Waals surface area (Å²) in [6.07, 6.45) is 3.44. The van der Waals surface area contributed by atoms with Gasteiger partial charge in [0.25, 0.3) is 5.69 Å². The lowest BCUT2D eigenvalue weighted by atomic mass is 10.2. The molecule has 0 aliphatic rings. The van der Waals surface area contributed by atoms with Crippen molar-refractivity contribution in [1.29, 1.82) is 0 Å². The lowest BCUT2D eigenvalue weighted by Gasteiger charge is -2.12. The Labute approximate surface area is 155 Å². The molecule has 3 rings (SSSR count). The molecule has 0 aliphatic heterocycles. The molecule has 9 heteroatoms. The lowest BCUT2D eigenvalue weighted by molar-refractivity contribution is -0.384. The second kappa shape index (κ2) is 8.48. The van der Waals surface area contributed by atoms with E-state index >= 15 is 0 Å². The Morgan fingerprint density at radius 2 is 1.78 bits per heavy atom. The smallest absolute Gasteiger partial charge is 0.319 e. The van der Waals surface area contributed by atoms with Gasteiger partial charge in [-0.1, -0.05) is 24.3 Å². The molecule has 3 aromatic rings. The van der Waals surface area contributed by atoms with E-state index in [9.17, 15) is 14.9 Å².